The van der Waals surface area contributed by atoms with Gasteiger partial charge in [0.05, 0.1) is 20.6 Å². The second-order valence-corrected chi connectivity index (χ2v) is 7.66. The first-order valence-corrected chi connectivity index (χ1v) is 10.4. The van der Waals surface area contributed by atoms with Crippen molar-refractivity contribution >= 4 is 33.6 Å². The Morgan fingerprint density at radius 3 is 2.52 bits per heavy atom. The molecule has 33 heavy (non-hydrogen) atoms. The summed E-state index contributed by atoms with van der Waals surface area (Å²) in [5.41, 5.74) is 1.16. The van der Waals surface area contributed by atoms with Crippen molar-refractivity contribution in [1.82, 2.24) is 5.32 Å². The lowest BCUT2D eigenvalue weighted by Crippen LogP contribution is -2.43. The van der Waals surface area contributed by atoms with Gasteiger partial charge in [0.25, 0.3) is 0 Å². The van der Waals surface area contributed by atoms with Crippen LogP contribution in [0, 0.1) is 0 Å². The summed E-state index contributed by atoms with van der Waals surface area (Å²) in [6.45, 7) is 0. The molecule has 0 bridgehead atoms. The van der Waals surface area contributed by atoms with Crippen LogP contribution in [0.2, 0.25) is 0 Å². The van der Waals surface area contributed by atoms with Crippen LogP contribution in [-0.2, 0) is 27.2 Å². The highest BCUT2D eigenvalue weighted by atomic mass is 16.5. The number of carbonyl (C=O) groups is 2. The Bertz CT molecular complexity index is 1390. The quantitative estimate of drug-likeness (QED) is 0.346. The SMILES string of the molecule is COC(=O)[C@H](Cc1cc(=O)oc2cc(OC)ccc12)NC(=O)Cc1ccc2ccccc2c1. The number of methoxy groups -OCH3 is 2. The predicted molar refractivity (Wildman–Crippen MR) is 124 cm³/mol. The lowest BCUT2D eigenvalue weighted by atomic mass is 10.0. The van der Waals surface area contributed by atoms with E-state index in [0.717, 1.165) is 16.3 Å². The summed E-state index contributed by atoms with van der Waals surface area (Å²) in [7, 11) is 2.77. The number of benzene rings is 3. The maximum atomic E-state index is 12.8. The number of carbonyl (C=O) groups excluding carboxylic acids is 2. The Labute approximate surface area is 189 Å². The Hall–Kier alpha value is -4.13. The topological polar surface area (TPSA) is 94.8 Å². The van der Waals surface area contributed by atoms with E-state index < -0.39 is 17.6 Å². The Balaban J connectivity index is 1.56. The molecule has 0 aliphatic heterocycles. The average Bonchev–Trinajstić information content (AvgIpc) is 2.82. The fourth-order valence-electron chi connectivity index (χ4n) is 3.84. The van der Waals surface area contributed by atoms with Gasteiger partial charge in [-0.3, -0.25) is 4.79 Å². The molecule has 1 N–H and O–H groups in total. The number of nitrogens with one attached hydrogen (secondary N) is 1. The largest absolute Gasteiger partial charge is 0.497 e. The molecule has 7 heteroatoms. The molecule has 4 rings (SSSR count). The molecular formula is C26H23NO6. The monoisotopic (exact) mass is 445 g/mol. The summed E-state index contributed by atoms with van der Waals surface area (Å²) in [5, 5.41) is 5.51. The molecule has 0 saturated heterocycles. The lowest BCUT2D eigenvalue weighted by molar-refractivity contribution is -0.145. The van der Waals surface area contributed by atoms with Crippen molar-refractivity contribution in [2.24, 2.45) is 0 Å². The minimum absolute atomic E-state index is 0.0740. The number of amides is 1. The molecule has 1 amide bonds. The van der Waals surface area contributed by atoms with E-state index in [-0.39, 0.29) is 18.7 Å². The molecule has 1 aromatic heterocycles. The third kappa shape index (κ3) is 5.03. The van der Waals surface area contributed by atoms with Gasteiger partial charge >= 0.3 is 11.6 Å². The van der Waals surface area contributed by atoms with E-state index in [0.29, 0.717) is 22.3 Å². The Morgan fingerprint density at radius 2 is 1.76 bits per heavy atom. The molecule has 4 aromatic rings. The van der Waals surface area contributed by atoms with Gasteiger partial charge in [0.2, 0.25) is 5.91 Å². The number of rotatable bonds is 7. The first kappa shape index (κ1) is 22.1. The van der Waals surface area contributed by atoms with E-state index in [2.05, 4.69) is 5.32 Å². The standard InChI is InChI=1S/C26H23NO6/c1-31-20-9-10-21-19(14-25(29)33-23(21)15-20)13-22(26(30)32-2)27-24(28)12-16-7-8-17-5-3-4-6-18(17)11-16/h3-11,14-15,22H,12-13H2,1-2H3,(H,27,28)/t22-/m0/s1. The normalized spacial score (nSPS) is 11.8. The highest BCUT2D eigenvalue weighted by molar-refractivity contribution is 5.89. The molecule has 7 nitrogen and oxygen atoms in total. The van der Waals surface area contributed by atoms with Gasteiger partial charge in [-0.2, -0.15) is 0 Å². The molecule has 0 spiro atoms. The number of fused-ring (bicyclic) bond motifs is 2. The molecule has 0 aliphatic carbocycles. The summed E-state index contributed by atoms with van der Waals surface area (Å²) in [6.07, 6.45) is 0.178. The number of hydrogen-bond acceptors (Lipinski definition) is 6. The third-order valence-electron chi connectivity index (χ3n) is 5.46. The van der Waals surface area contributed by atoms with Crippen LogP contribution >= 0.6 is 0 Å². The average molecular weight is 445 g/mol. The van der Waals surface area contributed by atoms with E-state index >= 15 is 0 Å². The molecule has 0 radical (unpaired) electrons. The number of ether oxygens (including phenoxy) is 2. The van der Waals surface area contributed by atoms with Gasteiger partial charge < -0.3 is 19.2 Å². The van der Waals surface area contributed by atoms with Gasteiger partial charge in [-0.25, -0.2) is 9.59 Å². The van der Waals surface area contributed by atoms with E-state index in [9.17, 15) is 14.4 Å². The van der Waals surface area contributed by atoms with Crippen molar-refractivity contribution in [3.8, 4) is 5.75 Å². The first-order chi connectivity index (χ1) is 16.0. The highest BCUT2D eigenvalue weighted by Gasteiger charge is 2.24. The minimum atomic E-state index is -0.963. The minimum Gasteiger partial charge on any atom is -0.497 e. The summed E-state index contributed by atoms with van der Waals surface area (Å²) >= 11 is 0. The summed E-state index contributed by atoms with van der Waals surface area (Å²) < 4.78 is 15.3. The Morgan fingerprint density at radius 1 is 0.970 bits per heavy atom. The first-order valence-electron chi connectivity index (χ1n) is 10.4. The number of hydrogen-bond donors (Lipinski definition) is 1. The van der Waals surface area contributed by atoms with E-state index in [1.807, 2.05) is 42.5 Å². The van der Waals surface area contributed by atoms with Crippen molar-refractivity contribution in [2.75, 3.05) is 14.2 Å². The summed E-state index contributed by atoms with van der Waals surface area (Å²) in [5.74, 6) is -0.387. The van der Waals surface area contributed by atoms with Crippen molar-refractivity contribution in [3.63, 3.8) is 0 Å². The van der Waals surface area contributed by atoms with Gasteiger partial charge in [-0.15, -0.1) is 0 Å². The van der Waals surface area contributed by atoms with Gasteiger partial charge in [-0.1, -0.05) is 42.5 Å². The molecule has 168 valence electrons. The van der Waals surface area contributed by atoms with Crippen molar-refractivity contribution in [1.29, 1.82) is 0 Å². The summed E-state index contributed by atoms with van der Waals surface area (Å²) in [6, 6.07) is 19.1. The lowest BCUT2D eigenvalue weighted by Gasteiger charge is -2.17. The van der Waals surface area contributed by atoms with Crippen LogP contribution in [0.25, 0.3) is 21.7 Å². The fraction of sp³-hybridized carbons (Fsp3) is 0.192. The third-order valence-corrected chi connectivity index (χ3v) is 5.46. The van der Waals surface area contributed by atoms with Crippen LogP contribution in [0.4, 0.5) is 0 Å². The van der Waals surface area contributed by atoms with Crippen LogP contribution in [0.5, 0.6) is 5.75 Å². The van der Waals surface area contributed by atoms with Crippen molar-refractivity contribution in [3.05, 3.63) is 88.3 Å². The number of esters is 1. The van der Waals surface area contributed by atoms with Crippen LogP contribution in [-0.4, -0.2) is 32.1 Å². The second kappa shape index (κ2) is 9.56. The molecule has 3 aromatic carbocycles. The molecule has 1 heterocycles. The van der Waals surface area contributed by atoms with Gasteiger partial charge in [0.1, 0.15) is 17.4 Å². The van der Waals surface area contributed by atoms with Crippen LogP contribution in [0.1, 0.15) is 11.1 Å². The molecule has 1 atom stereocenters. The molecule has 0 fully saturated rings. The smallest absolute Gasteiger partial charge is 0.336 e. The fourth-order valence-corrected chi connectivity index (χ4v) is 3.84. The maximum absolute atomic E-state index is 12.8. The zero-order valence-electron chi connectivity index (χ0n) is 18.3. The molecule has 0 saturated carbocycles. The zero-order valence-corrected chi connectivity index (χ0v) is 18.3. The second-order valence-electron chi connectivity index (χ2n) is 7.66. The maximum Gasteiger partial charge on any atom is 0.336 e. The van der Waals surface area contributed by atoms with E-state index in [1.165, 1.54) is 20.3 Å². The van der Waals surface area contributed by atoms with Crippen LogP contribution < -0.4 is 15.7 Å². The van der Waals surface area contributed by atoms with Crippen molar-refractivity contribution < 1.29 is 23.5 Å². The Kier molecular flexibility index (Phi) is 6.40. The van der Waals surface area contributed by atoms with E-state index in [4.69, 9.17) is 13.9 Å². The summed E-state index contributed by atoms with van der Waals surface area (Å²) in [4.78, 5) is 37.3. The van der Waals surface area contributed by atoms with Crippen LogP contribution in [0.3, 0.4) is 0 Å². The predicted octanol–water partition coefficient (Wildman–Crippen LogP) is 3.40. The molecule has 0 aliphatic rings. The highest BCUT2D eigenvalue weighted by Crippen LogP contribution is 2.23. The van der Waals surface area contributed by atoms with E-state index in [1.54, 1.807) is 18.2 Å². The van der Waals surface area contributed by atoms with Gasteiger partial charge in [0.15, 0.2) is 0 Å². The zero-order chi connectivity index (χ0) is 23.4. The van der Waals surface area contributed by atoms with Crippen molar-refractivity contribution in [2.45, 2.75) is 18.9 Å². The van der Waals surface area contributed by atoms with Crippen LogP contribution in [0.15, 0.2) is 75.9 Å². The van der Waals surface area contributed by atoms with Gasteiger partial charge in [0, 0.05) is 23.9 Å². The van der Waals surface area contributed by atoms with Gasteiger partial charge in [-0.05, 0) is 34.0 Å². The molecular weight excluding hydrogens is 422 g/mol. The molecule has 0 unspecified atom stereocenters.